The lowest BCUT2D eigenvalue weighted by Crippen LogP contribution is -2.57. The number of anilines is 2. The normalized spacial score (nSPS) is 16.5. The number of aliphatic hydroxyl groups is 1. The van der Waals surface area contributed by atoms with Gasteiger partial charge in [-0.3, -0.25) is 29.5 Å². The standard InChI is InChI=1S/C52H66N8O7S2/c1-32-41(57-51(66)67-39-15-14-16-39)25-37(29-53-32)36-23-24-40-43(26-36)69-50(56-40)59-45(63)18-13-11-9-7-6-8-10-12-17-44(62)58-47(52(3,4)5)49(65)60-30-38(61)27-42(60)48(64)54-28-34-19-21-35(22-20-34)46-33(2)55-31-68-46/h19-26,29,31,38-39,42,47,61H,6-18,27-28,30H2,1-5H3,(H,54,64)(H,57,66)(H,58,62)(H,56,59,63)/t38-,42+,47-/m1/s1. The molecule has 2 aromatic carbocycles. The molecule has 15 nitrogen and oxygen atoms in total. The summed E-state index contributed by atoms with van der Waals surface area (Å²) >= 11 is 3.00. The number of ether oxygens (including phenoxy) is 1. The first-order valence-corrected chi connectivity index (χ1v) is 26.0. The summed E-state index contributed by atoms with van der Waals surface area (Å²) in [5.74, 6) is -0.974. The molecule has 69 heavy (non-hydrogen) atoms. The van der Waals surface area contributed by atoms with Crippen molar-refractivity contribution in [3.63, 3.8) is 0 Å². The van der Waals surface area contributed by atoms with Crippen LogP contribution >= 0.6 is 22.7 Å². The number of aryl methyl sites for hydroxylation is 2. The van der Waals surface area contributed by atoms with Gasteiger partial charge in [0.2, 0.25) is 23.6 Å². The summed E-state index contributed by atoms with van der Waals surface area (Å²) < 4.78 is 6.38. The number of pyridine rings is 1. The first-order valence-electron chi connectivity index (χ1n) is 24.3. The van der Waals surface area contributed by atoms with Gasteiger partial charge in [0.05, 0.1) is 43.8 Å². The molecule has 0 spiro atoms. The maximum atomic E-state index is 14.0. The molecule has 5 aromatic rings. The third-order valence-electron chi connectivity index (χ3n) is 12.9. The summed E-state index contributed by atoms with van der Waals surface area (Å²) in [6.45, 7) is 9.78. The molecule has 1 saturated heterocycles. The maximum absolute atomic E-state index is 14.0. The number of β-amino-alcohol motifs (C(OH)–C–C–N with tert-alkyl or cyclic N) is 1. The average Bonchev–Trinajstić information content (AvgIpc) is 4.04. The summed E-state index contributed by atoms with van der Waals surface area (Å²) in [5.41, 5.74) is 8.00. The monoisotopic (exact) mass is 978 g/mol. The van der Waals surface area contributed by atoms with Gasteiger partial charge in [0.1, 0.15) is 18.2 Å². The number of nitrogens with zero attached hydrogens (tertiary/aromatic N) is 4. The van der Waals surface area contributed by atoms with E-state index in [1.807, 2.05) is 88.7 Å². The Balaban J connectivity index is 0.765. The largest absolute Gasteiger partial charge is 0.446 e. The quantitative estimate of drug-likeness (QED) is 0.0440. The van der Waals surface area contributed by atoms with Crippen LogP contribution in [0.3, 0.4) is 0 Å². The second kappa shape index (κ2) is 23.7. The van der Waals surface area contributed by atoms with Crippen molar-refractivity contribution >= 4 is 73.4 Å². The van der Waals surface area contributed by atoms with Gasteiger partial charge in [0.15, 0.2) is 5.13 Å². The summed E-state index contributed by atoms with van der Waals surface area (Å²) in [6.07, 6.45) is 11.6. The highest BCUT2D eigenvalue weighted by Gasteiger charge is 2.44. The Bertz CT molecular complexity index is 2590. The first kappa shape index (κ1) is 51.1. The van der Waals surface area contributed by atoms with E-state index in [1.54, 1.807) is 17.5 Å². The molecule has 2 fully saturated rings. The van der Waals surface area contributed by atoms with Crippen molar-refractivity contribution in [1.29, 1.82) is 0 Å². The highest BCUT2D eigenvalue weighted by atomic mass is 32.1. The molecule has 5 N–H and O–H groups in total. The predicted molar refractivity (Wildman–Crippen MR) is 272 cm³/mol. The lowest BCUT2D eigenvalue weighted by atomic mass is 9.85. The summed E-state index contributed by atoms with van der Waals surface area (Å²) in [5, 5.41) is 22.9. The number of fused-ring (bicyclic) bond motifs is 1. The second-order valence-electron chi connectivity index (χ2n) is 19.5. The van der Waals surface area contributed by atoms with Gasteiger partial charge in [-0.05, 0) is 86.3 Å². The Morgan fingerprint density at radius 1 is 0.826 bits per heavy atom. The fourth-order valence-electron chi connectivity index (χ4n) is 8.58. The smallest absolute Gasteiger partial charge is 0.411 e. The highest BCUT2D eigenvalue weighted by Crippen LogP contribution is 2.33. The topological polar surface area (TPSA) is 205 Å². The van der Waals surface area contributed by atoms with Gasteiger partial charge < -0.3 is 30.7 Å². The summed E-state index contributed by atoms with van der Waals surface area (Å²) in [7, 11) is 0. The van der Waals surface area contributed by atoms with Crippen molar-refractivity contribution in [3.05, 3.63) is 77.2 Å². The number of likely N-dealkylation sites (tertiary alicyclic amines) is 1. The van der Waals surface area contributed by atoms with Crippen molar-refractivity contribution < 1.29 is 33.8 Å². The first-order chi connectivity index (χ1) is 33.1. The van der Waals surface area contributed by atoms with Crippen LogP contribution in [-0.2, 0) is 30.5 Å². The average molecular weight is 979 g/mol. The zero-order chi connectivity index (χ0) is 49.1. The molecule has 3 atom stereocenters. The Morgan fingerprint density at radius 3 is 2.16 bits per heavy atom. The van der Waals surface area contributed by atoms with Crippen molar-refractivity contribution in [3.8, 4) is 21.6 Å². The van der Waals surface area contributed by atoms with E-state index in [4.69, 9.17) is 4.74 Å². The van der Waals surface area contributed by atoms with Gasteiger partial charge in [0, 0.05) is 44.1 Å². The second-order valence-corrected chi connectivity index (χ2v) is 21.3. The zero-order valence-electron chi connectivity index (χ0n) is 40.4. The third kappa shape index (κ3) is 14.2. The third-order valence-corrected chi connectivity index (χ3v) is 14.8. The van der Waals surface area contributed by atoms with E-state index in [0.717, 1.165) is 107 Å². The molecule has 2 aliphatic rings. The van der Waals surface area contributed by atoms with Gasteiger partial charge in [-0.1, -0.05) is 101 Å². The van der Waals surface area contributed by atoms with E-state index >= 15 is 0 Å². The van der Waals surface area contributed by atoms with Crippen LogP contribution in [0.1, 0.15) is 128 Å². The minimum atomic E-state index is -0.859. The number of carbonyl (C=O) groups excluding carboxylic acids is 5. The van der Waals surface area contributed by atoms with E-state index in [1.165, 1.54) is 16.2 Å². The molecule has 3 aromatic heterocycles. The number of unbranched alkanes of at least 4 members (excludes halogenated alkanes) is 7. The number of nitrogens with one attached hydrogen (secondary N) is 4. The van der Waals surface area contributed by atoms with Gasteiger partial charge in [-0.2, -0.15) is 0 Å². The van der Waals surface area contributed by atoms with Crippen LogP contribution in [0, 0.1) is 19.3 Å². The number of thiazole rings is 2. The van der Waals surface area contributed by atoms with E-state index in [-0.39, 0.29) is 49.2 Å². The highest BCUT2D eigenvalue weighted by molar-refractivity contribution is 7.22. The Kier molecular flexibility index (Phi) is 17.5. The van der Waals surface area contributed by atoms with Crippen molar-refractivity contribution in [2.45, 2.75) is 155 Å². The summed E-state index contributed by atoms with van der Waals surface area (Å²) in [6, 6.07) is 14.0. The maximum Gasteiger partial charge on any atom is 0.411 e. The molecule has 1 aliphatic heterocycles. The molecular weight excluding hydrogens is 913 g/mol. The minimum absolute atomic E-state index is 0.00944. The van der Waals surface area contributed by atoms with Crippen molar-refractivity contribution in [2.24, 2.45) is 5.41 Å². The van der Waals surface area contributed by atoms with Gasteiger partial charge in [-0.15, -0.1) is 11.3 Å². The number of aliphatic hydroxyl groups excluding tert-OH is 1. The van der Waals surface area contributed by atoms with Crippen molar-refractivity contribution in [2.75, 3.05) is 17.2 Å². The number of rotatable bonds is 21. The molecule has 1 aliphatic carbocycles. The fraction of sp³-hybridized carbons (Fsp3) is 0.500. The van der Waals surface area contributed by atoms with Crippen LogP contribution < -0.4 is 21.3 Å². The molecular formula is C52H66N8O7S2. The van der Waals surface area contributed by atoms with Crippen LogP contribution in [0.5, 0.6) is 0 Å². The minimum Gasteiger partial charge on any atom is -0.446 e. The van der Waals surface area contributed by atoms with E-state index < -0.39 is 29.7 Å². The van der Waals surface area contributed by atoms with Gasteiger partial charge in [0.25, 0.3) is 0 Å². The lowest BCUT2D eigenvalue weighted by Gasteiger charge is -2.35. The number of amides is 5. The number of aromatic nitrogens is 3. The molecule has 7 rings (SSSR count). The van der Waals surface area contributed by atoms with E-state index in [0.29, 0.717) is 35.8 Å². The molecule has 0 unspecified atom stereocenters. The van der Waals surface area contributed by atoms with Crippen LogP contribution in [0.15, 0.2) is 60.2 Å². The zero-order valence-corrected chi connectivity index (χ0v) is 42.0. The van der Waals surface area contributed by atoms with Crippen LogP contribution in [0.4, 0.5) is 15.6 Å². The molecule has 0 radical (unpaired) electrons. The molecule has 4 heterocycles. The van der Waals surface area contributed by atoms with E-state index in [9.17, 15) is 29.1 Å². The van der Waals surface area contributed by atoms with Crippen LogP contribution in [0.25, 0.3) is 31.8 Å². The molecule has 1 saturated carbocycles. The number of hydrogen-bond acceptors (Lipinski definition) is 12. The van der Waals surface area contributed by atoms with Gasteiger partial charge in [-0.25, -0.2) is 14.8 Å². The van der Waals surface area contributed by atoms with Crippen molar-refractivity contribution in [1.82, 2.24) is 30.5 Å². The number of hydrogen-bond donors (Lipinski definition) is 5. The van der Waals surface area contributed by atoms with E-state index in [2.05, 4.69) is 36.2 Å². The van der Waals surface area contributed by atoms with Crippen LogP contribution in [0.2, 0.25) is 0 Å². The number of benzene rings is 2. The fourth-order valence-corrected chi connectivity index (χ4v) is 10.3. The number of carbonyl (C=O) groups is 5. The molecule has 17 heteroatoms. The molecule has 0 bridgehead atoms. The Hall–Kier alpha value is -5.78. The molecule has 5 amide bonds. The Labute approximate surface area is 412 Å². The SMILES string of the molecule is Cc1ncc(-c2ccc3nc(NC(=O)CCCCCCCCCCC(=O)N[C@H](C(=O)N4C[C@H](O)C[C@H]4C(=O)NCc4ccc(-c5scnc5C)cc4)C(C)(C)C)sc3c2)cc1NC(=O)OC1CCC1. The van der Waals surface area contributed by atoms with Gasteiger partial charge >= 0.3 is 6.09 Å². The Morgan fingerprint density at radius 2 is 1.51 bits per heavy atom. The lowest BCUT2D eigenvalue weighted by molar-refractivity contribution is -0.144. The molecule has 368 valence electrons. The predicted octanol–water partition coefficient (Wildman–Crippen LogP) is 9.85. The van der Waals surface area contributed by atoms with Crippen LogP contribution in [-0.4, -0.2) is 85.5 Å². The summed E-state index contributed by atoms with van der Waals surface area (Å²) in [4.78, 5) is 81.8.